The molecule has 35 heavy (non-hydrogen) atoms. The van der Waals surface area contributed by atoms with Crippen molar-refractivity contribution in [1.29, 1.82) is 0 Å². The number of nitrogens with zero attached hydrogens (tertiary/aromatic N) is 3. The molecule has 2 N–H and O–H groups in total. The number of carbonyl (C=O) groups is 2. The highest BCUT2D eigenvalue weighted by molar-refractivity contribution is 7.99. The molecule has 4 aromatic rings. The zero-order valence-corrected chi connectivity index (χ0v) is 20.0. The molecule has 4 rings (SSSR count). The van der Waals surface area contributed by atoms with Gasteiger partial charge >= 0.3 is 5.16 Å². The highest BCUT2D eigenvalue weighted by atomic mass is 32.2. The van der Waals surface area contributed by atoms with Crippen LogP contribution in [0.5, 0.6) is 0 Å². The van der Waals surface area contributed by atoms with Gasteiger partial charge in [0.05, 0.1) is 28.6 Å². The summed E-state index contributed by atoms with van der Waals surface area (Å²) in [5.41, 5.74) is 7.43. The molecule has 0 aliphatic carbocycles. The van der Waals surface area contributed by atoms with Crippen molar-refractivity contribution in [3.05, 3.63) is 95.1 Å². The van der Waals surface area contributed by atoms with Crippen LogP contribution >= 0.6 is 11.8 Å². The summed E-state index contributed by atoms with van der Waals surface area (Å²) >= 11 is 1.29. The van der Waals surface area contributed by atoms with Gasteiger partial charge in [0.2, 0.25) is 0 Å². The SMILES string of the molecule is Cc1ccc(-c2[nH]nc(SCC(=O)NN=Cc3ccc(C(=O)[O-])cc3)[n+]2-c2ccc(C)cc2)cc1. The van der Waals surface area contributed by atoms with E-state index in [1.54, 1.807) is 12.1 Å². The van der Waals surface area contributed by atoms with Gasteiger partial charge in [-0.1, -0.05) is 59.7 Å². The molecule has 1 aromatic heterocycles. The summed E-state index contributed by atoms with van der Waals surface area (Å²) in [5.74, 6) is -0.626. The minimum Gasteiger partial charge on any atom is -0.545 e. The number of hydrogen-bond donors (Lipinski definition) is 2. The lowest BCUT2D eigenvalue weighted by atomic mass is 10.1. The lowest BCUT2D eigenvalue weighted by Crippen LogP contribution is -2.34. The van der Waals surface area contributed by atoms with Crippen LogP contribution in [-0.4, -0.2) is 34.0 Å². The first-order chi connectivity index (χ1) is 16.9. The van der Waals surface area contributed by atoms with Crippen LogP contribution in [-0.2, 0) is 4.79 Å². The molecule has 9 heteroatoms. The van der Waals surface area contributed by atoms with Crippen molar-refractivity contribution in [1.82, 2.24) is 15.6 Å². The lowest BCUT2D eigenvalue weighted by molar-refractivity contribution is -0.625. The molecule has 0 spiro atoms. The summed E-state index contributed by atoms with van der Waals surface area (Å²) in [6.07, 6.45) is 1.44. The van der Waals surface area contributed by atoms with E-state index in [2.05, 4.69) is 20.7 Å². The van der Waals surface area contributed by atoms with Crippen LogP contribution in [0.15, 0.2) is 83.1 Å². The van der Waals surface area contributed by atoms with E-state index in [0.29, 0.717) is 10.7 Å². The Labute approximate surface area is 206 Å². The first kappa shape index (κ1) is 23.9. The Balaban J connectivity index is 1.47. The van der Waals surface area contributed by atoms with Gasteiger partial charge < -0.3 is 9.90 Å². The fourth-order valence-corrected chi connectivity index (χ4v) is 4.04. The van der Waals surface area contributed by atoms with E-state index in [4.69, 9.17) is 0 Å². The van der Waals surface area contributed by atoms with Gasteiger partial charge in [0.15, 0.2) is 0 Å². The maximum Gasteiger partial charge on any atom is 0.342 e. The third-order valence-electron chi connectivity index (χ3n) is 5.17. The number of amides is 1. The third-order valence-corrected chi connectivity index (χ3v) is 6.11. The van der Waals surface area contributed by atoms with Crippen LogP contribution in [0.25, 0.3) is 17.1 Å². The molecule has 1 heterocycles. The molecule has 3 aromatic carbocycles. The Hall–Kier alpha value is -4.24. The molecular weight excluding hydrogens is 462 g/mol. The van der Waals surface area contributed by atoms with Crippen molar-refractivity contribution < 1.29 is 19.3 Å². The molecule has 0 atom stereocenters. The van der Waals surface area contributed by atoms with Crippen LogP contribution in [0.3, 0.4) is 0 Å². The topological polar surface area (TPSA) is 114 Å². The summed E-state index contributed by atoms with van der Waals surface area (Å²) in [6, 6.07) is 22.2. The number of rotatable bonds is 8. The average Bonchev–Trinajstić information content (AvgIpc) is 3.28. The predicted octanol–water partition coefficient (Wildman–Crippen LogP) is 2.58. The van der Waals surface area contributed by atoms with Crippen LogP contribution in [0, 0.1) is 13.8 Å². The maximum atomic E-state index is 12.4. The van der Waals surface area contributed by atoms with Gasteiger partial charge in [-0.3, -0.25) is 4.79 Å². The molecule has 0 aliphatic rings. The summed E-state index contributed by atoms with van der Waals surface area (Å²) in [4.78, 5) is 23.2. The minimum atomic E-state index is -1.24. The van der Waals surface area contributed by atoms with E-state index in [-0.39, 0.29) is 17.2 Å². The highest BCUT2D eigenvalue weighted by Gasteiger charge is 2.24. The molecule has 0 radical (unpaired) electrons. The van der Waals surface area contributed by atoms with Crippen molar-refractivity contribution in [2.24, 2.45) is 5.10 Å². The molecule has 0 fully saturated rings. The van der Waals surface area contributed by atoms with Crippen molar-refractivity contribution >= 4 is 29.9 Å². The van der Waals surface area contributed by atoms with Crippen LogP contribution < -0.4 is 15.1 Å². The van der Waals surface area contributed by atoms with Gasteiger partial charge in [-0.2, -0.15) is 9.67 Å². The first-order valence-electron chi connectivity index (χ1n) is 10.8. The number of aromatic nitrogens is 3. The number of nitrogens with one attached hydrogen (secondary N) is 2. The second-order valence-corrected chi connectivity index (χ2v) is 8.83. The molecule has 176 valence electrons. The van der Waals surface area contributed by atoms with E-state index in [0.717, 1.165) is 28.2 Å². The summed E-state index contributed by atoms with van der Waals surface area (Å²) in [6.45, 7) is 4.07. The number of hydrogen-bond acceptors (Lipinski definition) is 6. The van der Waals surface area contributed by atoms with E-state index in [9.17, 15) is 14.7 Å². The monoisotopic (exact) mass is 485 g/mol. The highest BCUT2D eigenvalue weighted by Crippen LogP contribution is 2.21. The van der Waals surface area contributed by atoms with Crippen molar-refractivity contribution in [2.75, 3.05) is 5.75 Å². The fraction of sp³-hybridized carbons (Fsp3) is 0.115. The Morgan fingerprint density at radius 3 is 2.26 bits per heavy atom. The smallest absolute Gasteiger partial charge is 0.342 e. The average molecular weight is 486 g/mol. The number of thioether (sulfide) groups is 1. The van der Waals surface area contributed by atoms with Crippen LogP contribution in [0.4, 0.5) is 0 Å². The van der Waals surface area contributed by atoms with Gasteiger partial charge in [0, 0.05) is 0 Å². The number of carboxylic acids is 1. The van der Waals surface area contributed by atoms with Gasteiger partial charge in [-0.05, 0) is 61.0 Å². The largest absolute Gasteiger partial charge is 0.545 e. The zero-order valence-electron chi connectivity index (χ0n) is 19.2. The number of aryl methyl sites for hydroxylation is 2. The molecule has 0 aliphatic heterocycles. The number of carboxylic acid groups (broad SMARTS) is 1. The van der Waals surface area contributed by atoms with E-state index >= 15 is 0 Å². The number of aromatic carboxylic acids is 1. The number of carbonyl (C=O) groups excluding carboxylic acids is 2. The van der Waals surface area contributed by atoms with Gasteiger partial charge in [0.25, 0.3) is 11.7 Å². The zero-order chi connectivity index (χ0) is 24.8. The van der Waals surface area contributed by atoms with Gasteiger partial charge in [-0.15, -0.1) is 5.10 Å². The molecular formula is C26H23N5O3S. The van der Waals surface area contributed by atoms with Crippen molar-refractivity contribution in [2.45, 2.75) is 19.0 Å². The predicted molar refractivity (Wildman–Crippen MR) is 132 cm³/mol. The number of benzene rings is 3. The molecule has 0 saturated carbocycles. The normalized spacial score (nSPS) is 11.0. The fourth-order valence-electron chi connectivity index (χ4n) is 3.28. The minimum absolute atomic E-state index is 0.0773. The first-order valence-corrected chi connectivity index (χ1v) is 11.8. The number of aromatic amines is 1. The number of H-pyrrole nitrogens is 1. The Morgan fingerprint density at radius 1 is 1.00 bits per heavy atom. The van der Waals surface area contributed by atoms with Gasteiger partial charge in [-0.25, -0.2) is 5.43 Å². The summed E-state index contributed by atoms with van der Waals surface area (Å²) in [5, 5.41) is 23.0. The second kappa shape index (κ2) is 10.8. The van der Waals surface area contributed by atoms with E-state index < -0.39 is 5.97 Å². The van der Waals surface area contributed by atoms with E-state index in [1.807, 2.05) is 66.9 Å². The molecule has 0 unspecified atom stereocenters. The Bertz CT molecular complexity index is 1360. The Morgan fingerprint density at radius 2 is 1.63 bits per heavy atom. The lowest BCUT2D eigenvalue weighted by Gasteiger charge is -2.05. The maximum absolute atomic E-state index is 12.4. The van der Waals surface area contributed by atoms with Crippen molar-refractivity contribution in [3.8, 4) is 17.1 Å². The molecule has 0 saturated heterocycles. The molecule has 1 amide bonds. The second-order valence-electron chi connectivity index (χ2n) is 7.88. The van der Waals surface area contributed by atoms with Crippen LogP contribution in [0.2, 0.25) is 0 Å². The standard InChI is InChI=1S/C26H23N5O3S/c1-17-3-9-20(10-4-17)24-29-30-26(31(24)22-13-5-18(2)6-14-22)35-16-23(32)28-27-15-19-7-11-21(12-8-19)25(33)34/h3-15H,16H2,1-2H3,(H2,28,32,33,34). The van der Waals surface area contributed by atoms with E-state index in [1.165, 1.54) is 30.1 Å². The molecule has 0 bridgehead atoms. The summed E-state index contributed by atoms with van der Waals surface area (Å²) in [7, 11) is 0. The third kappa shape index (κ3) is 6.01. The van der Waals surface area contributed by atoms with Gasteiger partial charge in [0.1, 0.15) is 5.69 Å². The summed E-state index contributed by atoms with van der Waals surface area (Å²) < 4.78 is 1.99. The molecule has 8 nitrogen and oxygen atoms in total. The van der Waals surface area contributed by atoms with Crippen molar-refractivity contribution in [3.63, 3.8) is 0 Å². The Kier molecular flexibility index (Phi) is 7.37. The van der Waals surface area contributed by atoms with Crippen LogP contribution in [0.1, 0.15) is 27.0 Å². The number of hydrazone groups is 1. The quantitative estimate of drug-likeness (QED) is 0.172.